The number of hydrogen-bond acceptors (Lipinski definition) is 5. The van der Waals surface area contributed by atoms with Crippen molar-refractivity contribution >= 4 is 19.3 Å². The number of carbonyl (C=O) groups excluding carboxylic acids is 1. The van der Waals surface area contributed by atoms with Gasteiger partial charge in [0.05, 0.1) is 23.1 Å². The number of benzene rings is 3. The summed E-state index contributed by atoms with van der Waals surface area (Å²) in [5.41, 5.74) is 6.30. The smallest absolute Gasteiger partial charge is 0.449 e. The van der Waals surface area contributed by atoms with Gasteiger partial charge < -0.3 is 19.4 Å². The molecule has 2 aliphatic rings. The predicted molar refractivity (Wildman–Crippen MR) is 161 cm³/mol. The van der Waals surface area contributed by atoms with Crippen LogP contribution in [0.5, 0.6) is 0 Å². The molecule has 0 saturated carbocycles. The van der Waals surface area contributed by atoms with Crippen molar-refractivity contribution in [2.45, 2.75) is 44.8 Å². The molecule has 1 fully saturated rings. The van der Waals surface area contributed by atoms with Gasteiger partial charge in [-0.25, -0.2) is 9.48 Å². The van der Waals surface area contributed by atoms with E-state index in [9.17, 15) is 4.79 Å². The summed E-state index contributed by atoms with van der Waals surface area (Å²) in [5, 5.41) is 7.44. The van der Waals surface area contributed by atoms with Crippen LogP contribution >= 0.6 is 0 Å². The molecule has 0 radical (unpaired) electrons. The van der Waals surface area contributed by atoms with Crippen LogP contribution in [0.1, 0.15) is 50.3 Å². The van der Waals surface area contributed by atoms with E-state index in [0.29, 0.717) is 0 Å². The minimum absolute atomic E-state index is 0.00455. The van der Waals surface area contributed by atoms with E-state index < -0.39 is 24.4 Å². The Morgan fingerprint density at radius 2 is 1.51 bits per heavy atom. The molecule has 0 spiro atoms. The monoisotopic (exact) mass is 547 g/mol. The van der Waals surface area contributed by atoms with Crippen molar-refractivity contribution in [3.8, 4) is 16.8 Å². The zero-order valence-corrected chi connectivity index (χ0v) is 23.8. The van der Waals surface area contributed by atoms with Gasteiger partial charge in [0.25, 0.3) is 0 Å². The molecule has 1 saturated heterocycles. The first-order chi connectivity index (χ1) is 19.7. The van der Waals surface area contributed by atoms with E-state index in [0.717, 1.165) is 16.7 Å². The molecule has 4 aromatic rings. The fourth-order valence-corrected chi connectivity index (χ4v) is 5.37. The molecule has 41 heavy (non-hydrogen) atoms. The van der Waals surface area contributed by atoms with Crippen molar-refractivity contribution in [1.82, 2.24) is 15.1 Å². The van der Waals surface area contributed by atoms with Crippen molar-refractivity contribution in [3.05, 3.63) is 113 Å². The number of alkyl carbamates (subject to hydrolysis) is 1. The van der Waals surface area contributed by atoms with E-state index in [-0.39, 0.29) is 19.1 Å². The van der Waals surface area contributed by atoms with Gasteiger partial charge in [0.15, 0.2) is 0 Å². The second-order valence-corrected chi connectivity index (χ2v) is 11.5. The van der Waals surface area contributed by atoms with E-state index in [4.69, 9.17) is 14.0 Å². The summed E-state index contributed by atoms with van der Waals surface area (Å²) in [7, 11) is -0.631. The average molecular weight is 547 g/mol. The molecular weight excluding hydrogens is 513 g/mol. The number of rotatable bonds is 7. The number of aromatic nitrogens is 2. The van der Waals surface area contributed by atoms with Crippen LogP contribution in [0.4, 0.5) is 4.79 Å². The van der Waals surface area contributed by atoms with Crippen LogP contribution in [0.15, 0.2) is 96.7 Å². The third-order valence-corrected chi connectivity index (χ3v) is 8.31. The second kappa shape index (κ2) is 10.7. The highest BCUT2D eigenvalue weighted by atomic mass is 16.7. The summed E-state index contributed by atoms with van der Waals surface area (Å²) >= 11 is 0. The number of nitrogens with one attached hydrogen (secondary N) is 1. The maximum absolute atomic E-state index is 13.0. The van der Waals surface area contributed by atoms with Gasteiger partial charge in [-0.2, -0.15) is 5.10 Å². The Hall–Kier alpha value is -4.14. The Labute approximate surface area is 241 Å². The molecule has 1 aliphatic heterocycles. The third-order valence-electron chi connectivity index (χ3n) is 8.31. The lowest BCUT2D eigenvalue weighted by molar-refractivity contribution is 0.00578. The highest BCUT2D eigenvalue weighted by molar-refractivity contribution is 6.56. The molecule has 1 aromatic heterocycles. The first-order valence-electron chi connectivity index (χ1n) is 14.0. The van der Waals surface area contributed by atoms with E-state index in [1.807, 2.05) is 99.2 Å². The van der Waals surface area contributed by atoms with E-state index in [1.165, 1.54) is 22.3 Å². The number of amides is 1. The molecule has 6 rings (SSSR count). The van der Waals surface area contributed by atoms with Gasteiger partial charge in [-0.15, -0.1) is 0 Å². The molecule has 3 aromatic carbocycles. The van der Waals surface area contributed by atoms with E-state index in [2.05, 4.69) is 34.7 Å². The van der Waals surface area contributed by atoms with Crippen LogP contribution in [-0.2, 0) is 14.0 Å². The van der Waals surface area contributed by atoms with Crippen molar-refractivity contribution in [3.63, 3.8) is 0 Å². The SMILES string of the molecule is CC1(C)OB(C(=Cc2cnn(-c3ccccc3)c2)CNC(=O)OCC2c3ccccc3-c3ccccc32)OC1(C)C. The lowest BCUT2D eigenvalue weighted by Crippen LogP contribution is -2.41. The topological polar surface area (TPSA) is 74.6 Å². The molecule has 1 amide bonds. The quantitative estimate of drug-likeness (QED) is 0.270. The van der Waals surface area contributed by atoms with Gasteiger partial charge in [0, 0.05) is 24.2 Å². The fraction of sp³-hybridized carbons (Fsp3) is 0.273. The van der Waals surface area contributed by atoms with Gasteiger partial charge in [-0.05, 0) is 67.6 Å². The average Bonchev–Trinajstić information content (AvgIpc) is 3.62. The first kappa shape index (κ1) is 27.1. The molecule has 0 atom stereocenters. The van der Waals surface area contributed by atoms with Crippen molar-refractivity contribution in [2.75, 3.05) is 13.2 Å². The highest BCUT2D eigenvalue weighted by Crippen LogP contribution is 2.44. The van der Waals surface area contributed by atoms with E-state index in [1.54, 1.807) is 6.20 Å². The van der Waals surface area contributed by atoms with E-state index >= 15 is 0 Å². The maximum Gasteiger partial charge on any atom is 0.492 e. The molecular formula is C33H34BN3O4. The molecule has 0 unspecified atom stereocenters. The second-order valence-electron chi connectivity index (χ2n) is 11.5. The molecule has 208 valence electrons. The van der Waals surface area contributed by atoms with Crippen molar-refractivity contribution in [2.24, 2.45) is 0 Å². The zero-order valence-electron chi connectivity index (χ0n) is 23.8. The Morgan fingerprint density at radius 1 is 0.927 bits per heavy atom. The van der Waals surface area contributed by atoms with Crippen LogP contribution in [0.3, 0.4) is 0 Å². The maximum atomic E-state index is 13.0. The number of nitrogens with zero attached hydrogens (tertiary/aromatic N) is 2. The predicted octanol–water partition coefficient (Wildman–Crippen LogP) is 6.43. The molecule has 8 heteroatoms. The van der Waals surface area contributed by atoms with Gasteiger partial charge in [-0.3, -0.25) is 0 Å². The van der Waals surface area contributed by atoms with Gasteiger partial charge in [-0.1, -0.05) is 72.8 Å². The summed E-state index contributed by atoms with van der Waals surface area (Å²) in [5.74, 6) is -0.00455. The fourth-order valence-electron chi connectivity index (χ4n) is 5.37. The Kier molecular flexibility index (Phi) is 7.05. The number of carbonyl (C=O) groups is 1. The van der Waals surface area contributed by atoms with Gasteiger partial charge >= 0.3 is 13.2 Å². The number of ether oxygens (including phenoxy) is 1. The van der Waals surface area contributed by atoms with Gasteiger partial charge in [0.2, 0.25) is 0 Å². The van der Waals surface area contributed by atoms with Crippen LogP contribution < -0.4 is 5.32 Å². The minimum Gasteiger partial charge on any atom is -0.449 e. The Morgan fingerprint density at radius 3 is 2.15 bits per heavy atom. The normalized spacial score (nSPS) is 17.3. The number of para-hydroxylation sites is 1. The zero-order chi connectivity index (χ0) is 28.6. The largest absolute Gasteiger partial charge is 0.492 e. The Balaban J connectivity index is 1.18. The standard InChI is InChI=1S/C33H34BN3O4/c1-32(2)33(3,4)41-34(40-32)24(18-23-19-36-37(21-23)25-12-6-5-7-13-25)20-35-31(38)39-22-30-28-16-10-8-14-26(28)27-15-9-11-17-29(27)30/h5-19,21,30H,20,22H2,1-4H3,(H,35,38). The highest BCUT2D eigenvalue weighted by Gasteiger charge is 2.52. The lowest BCUT2D eigenvalue weighted by atomic mass is 9.77. The summed E-state index contributed by atoms with van der Waals surface area (Å²) in [6.45, 7) is 8.49. The molecule has 7 nitrogen and oxygen atoms in total. The molecule has 2 heterocycles. The van der Waals surface area contributed by atoms with Crippen molar-refractivity contribution < 1.29 is 18.8 Å². The minimum atomic E-state index is -0.631. The van der Waals surface area contributed by atoms with Crippen LogP contribution in [0, 0.1) is 0 Å². The summed E-state index contributed by atoms with van der Waals surface area (Å²) in [4.78, 5) is 13.0. The number of hydrogen-bond donors (Lipinski definition) is 1. The van der Waals surface area contributed by atoms with Crippen molar-refractivity contribution in [1.29, 1.82) is 0 Å². The summed E-state index contributed by atoms with van der Waals surface area (Å²) < 4.78 is 20.2. The number of fused-ring (bicyclic) bond motifs is 3. The van der Waals surface area contributed by atoms with Crippen LogP contribution in [-0.4, -0.2) is 47.3 Å². The van der Waals surface area contributed by atoms with Crippen LogP contribution in [0.25, 0.3) is 22.9 Å². The van der Waals surface area contributed by atoms with Gasteiger partial charge in [0.1, 0.15) is 6.61 Å². The summed E-state index contributed by atoms with van der Waals surface area (Å²) in [6.07, 6.45) is 5.19. The van der Waals surface area contributed by atoms with Crippen LogP contribution in [0.2, 0.25) is 0 Å². The molecule has 1 aliphatic carbocycles. The molecule has 1 N–H and O–H groups in total. The summed E-state index contributed by atoms with van der Waals surface area (Å²) in [6, 6.07) is 26.5. The lowest BCUT2D eigenvalue weighted by Gasteiger charge is -2.32. The third kappa shape index (κ3) is 5.33. The first-order valence-corrected chi connectivity index (χ1v) is 14.0. The Bertz CT molecular complexity index is 1530. The molecule has 0 bridgehead atoms.